The summed E-state index contributed by atoms with van der Waals surface area (Å²) < 4.78 is 0. The molecule has 1 aromatic heterocycles. The second kappa shape index (κ2) is 11.0. The Hall–Kier alpha value is -3.24. The highest BCUT2D eigenvalue weighted by atomic mass is 16.2. The van der Waals surface area contributed by atoms with Gasteiger partial charge in [0.15, 0.2) is 0 Å². The molecule has 40 heavy (non-hydrogen) atoms. The van der Waals surface area contributed by atoms with Crippen molar-refractivity contribution < 1.29 is 9.59 Å². The molecule has 0 radical (unpaired) electrons. The molecule has 3 saturated heterocycles. The maximum absolute atomic E-state index is 13.4. The first-order chi connectivity index (χ1) is 19.4. The normalized spacial score (nSPS) is 26.8. The van der Waals surface area contributed by atoms with Gasteiger partial charge in [0.1, 0.15) is 11.8 Å². The quantitative estimate of drug-likeness (QED) is 0.546. The van der Waals surface area contributed by atoms with Gasteiger partial charge in [-0.15, -0.1) is 0 Å². The molecule has 4 fully saturated rings. The highest BCUT2D eigenvalue weighted by molar-refractivity contribution is 5.97. The van der Waals surface area contributed by atoms with Gasteiger partial charge in [0.25, 0.3) is 5.91 Å². The molecule has 3 unspecified atom stereocenters. The van der Waals surface area contributed by atoms with Gasteiger partial charge in [0.05, 0.1) is 11.3 Å². The van der Waals surface area contributed by atoms with Crippen LogP contribution in [0.25, 0.3) is 0 Å². The molecule has 4 aliphatic rings. The summed E-state index contributed by atoms with van der Waals surface area (Å²) in [5, 5.41) is 9.21. The van der Waals surface area contributed by atoms with Crippen molar-refractivity contribution >= 4 is 11.8 Å². The third-order valence-electron chi connectivity index (χ3n) is 10.2. The number of amides is 2. The van der Waals surface area contributed by atoms with Crippen molar-refractivity contribution in [2.24, 2.45) is 17.8 Å². The summed E-state index contributed by atoms with van der Waals surface area (Å²) in [6, 6.07) is 14.7. The van der Waals surface area contributed by atoms with Crippen molar-refractivity contribution in [2.45, 2.75) is 57.8 Å². The van der Waals surface area contributed by atoms with Crippen LogP contribution in [0, 0.1) is 42.9 Å². The van der Waals surface area contributed by atoms with Crippen LogP contribution in [-0.2, 0) is 10.2 Å². The number of rotatable bonds is 6. The molecule has 2 aromatic rings. The van der Waals surface area contributed by atoms with Crippen molar-refractivity contribution in [1.29, 1.82) is 5.26 Å². The van der Waals surface area contributed by atoms with Gasteiger partial charge >= 0.3 is 0 Å². The molecule has 6 rings (SSSR count). The second-order valence-corrected chi connectivity index (χ2v) is 12.8. The average Bonchev–Trinajstić information content (AvgIpc) is 3.76. The summed E-state index contributed by atoms with van der Waals surface area (Å²) >= 11 is 0. The molecule has 2 amide bonds. The molecule has 1 aliphatic carbocycles. The Morgan fingerprint density at radius 3 is 2.38 bits per heavy atom. The van der Waals surface area contributed by atoms with E-state index in [1.165, 1.54) is 18.4 Å². The molecule has 7 nitrogen and oxygen atoms in total. The van der Waals surface area contributed by atoms with Crippen LogP contribution >= 0.6 is 0 Å². The maximum atomic E-state index is 13.4. The van der Waals surface area contributed by atoms with E-state index >= 15 is 0 Å². The fourth-order valence-electron chi connectivity index (χ4n) is 8.05. The molecule has 3 atom stereocenters. The Morgan fingerprint density at radius 2 is 1.73 bits per heavy atom. The van der Waals surface area contributed by atoms with Gasteiger partial charge in [-0.1, -0.05) is 43.2 Å². The number of hydrogen-bond donors (Lipinski definition) is 0. The van der Waals surface area contributed by atoms with Crippen molar-refractivity contribution in [3.05, 3.63) is 64.5 Å². The van der Waals surface area contributed by atoms with E-state index in [1.807, 2.05) is 18.7 Å². The fourth-order valence-corrected chi connectivity index (χ4v) is 8.05. The number of pyridine rings is 1. The lowest BCUT2D eigenvalue weighted by molar-refractivity contribution is -0.134. The minimum atomic E-state index is 0.0207. The minimum absolute atomic E-state index is 0.0207. The summed E-state index contributed by atoms with van der Waals surface area (Å²) in [5.41, 5.74) is 3.88. The Bertz CT molecular complexity index is 1280. The third-order valence-corrected chi connectivity index (χ3v) is 10.2. The van der Waals surface area contributed by atoms with Crippen molar-refractivity contribution in [2.75, 3.05) is 45.8 Å². The van der Waals surface area contributed by atoms with Crippen molar-refractivity contribution in [3.63, 3.8) is 0 Å². The van der Waals surface area contributed by atoms with Crippen LogP contribution in [-0.4, -0.2) is 77.3 Å². The number of benzene rings is 1. The molecule has 210 valence electrons. The Balaban J connectivity index is 1.09. The van der Waals surface area contributed by atoms with E-state index < -0.39 is 0 Å². The molecule has 3 aliphatic heterocycles. The molecular weight excluding hydrogens is 498 g/mol. The highest BCUT2D eigenvalue weighted by Gasteiger charge is 2.45. The summed E-state index contributed by atoms with van der Waals surface area (Å²) in [6.45, 7) is 10.1. The van der Waals surface area contributed by atoms with Gasteiger partial charge in [-0.3, -0.25) is 9.59 Å². The lowest BCUT2D eigenvalue weighted by Crippen LogP contribution is -2.39. The molecule has 1 aromatic carbocycles. The number of nitriles is 1. The summed E-state index contributed by atoms with van der Waals surface area (Å²) in [7, 11) is 0. The predicted molar refractivity (Wildman–Crippen MR) is 154 cm³/mol. The topological polar surface area (TPSA) is 80.5 Å². The van der Waals surface area contributed by atoms with E-state index in [9.17, 15) is 14.9 Å². The lowest BCUT2D eigenvalue weighted by atomic mass is 9.76. The summed E-state index contributed by atoms with van der Waals surface area (Å²) in [5.74, 6) is 1.66. The zero-order chi connectivity index (χ0) is 27.9. The molecule has 0 spiro atoms. The van der Waals surface area contributed by atoms with Crippen molar-refractivity contribution in [3.8, 4) is 6.07 Å². The predicted octanol–water partition coefficient (Wildman–Crippen LogP) is 4.32. The van der Waals surface area contributed by atoms with Crippen LogP contribution < -0.4 is 0 Å². The van der Waals surface area contributed by atoms with Crippen LogP contribution in [0.4, 0.5) is 0 Å². The minimum Gasteiger partial charge on any atom is -0.342 e. The molecular formula is C33H41N5O2. The zero-order valence-electron chi connectivity index (χ0n) is 23.9. The smallest absolute Gasteiger partial charge is 0.255 e. The highest BCUT2D eigenvalue weighted by Crippen LogP contribution is 2.41. The van der Waals surface area contributed by atoms with Gasteiger partial charge < -0.3 is 14.7 Å². The number of nitrogens with zero attached hydrogens (tertiary/aromatic N) is 5. The number of aryl methyl sites for hydroxylation is 2. The molecule has 1 saturated carbocycles. The SMILES string of the molecule is Cc1cc(C#N)nc(C)c1C(=O)N1CC2CN(CCC3(c4ccccc4)CCN(C(=O)C4CCCC4)C3)CC2C1. The van der Waals surface area contributed by atoms with Crippen LogP contribution in [0.3, 0.4) is 0 Å². The van der Waals surface area contributed by atoms with E-state index in [4.69, 9.17) is 0 Å². The van der Waals surface area contributed by atoms with E-state index in [-0.39, 0.29) is 17.2 Å². The molecule has 0 N–H and O–H groups in total. The molecule has 7 heteroatoms. The van der Waals surface area contributed by atoms with Crippen LogP contribution in [0.15, 0.2) is 36.4 Å². The molecule has 4 heterocycles. The maximum Gasteiger partial charge on any atom is 0.255 e. The largest absolute Gasteiger partial charge is 0.342 e. The van der Waals surface area contributed by atoms with E-state index in [0.29, 0.717) is 34.7 Å². The summed E-state index contributed by atoms with van der Waals surface area (Å²) in [6.07, 6.45) is 6.60. The first kappa shape index (κ1) is 27.0. The van der Waals surface area contributed by atoms with Gasteiger partial charge in [-0.05, 0) is 75.1 Å². The van der Waals surface area contributed by atoms with E-state index in [1.54, 1.807) is 6.07 Å². The second-order valence-electron chi connectivity index (χ2n) is 12.8. The van der Waals surface area contributed by atoms with Crippen LogP contribution in [0.2, 0.25) is 0 Å². The Kier molecular flexibility index (Phi) is 7.39. The molecule has 0 bridgehead atoms. The number of fused-ring (bicyclic) bond motifs is 1. The van der Waals surface area contributed by atoms with Gasteiger partial charge in [0, 0.05) is 50.6 Å². The monoisotopic (exact) mass is 539 g/mol. The number of hydrogen-bond acceptors (Lipinski definition) is 5. The van der Waals surface area contributed by atoms with Crippen LogP contribution in [0.1, 0.15) is 71.4 Å². The van der Waals surface area contributed by atoms with Gasteiger partial charge in [0.2, 0.25) is 5.91 Å². The van der Waals surface area contributed by atoms with Gasteiger partial charge in [-0.2, -0.15) is 5.26 Å². The van der Waals surface area contributed by atoms with E-state index in [0.717, 1.165) is 77.1 Å². The van der Waals surface area contributed by atoms with Crippen LogP contribution in [0.5, 0.6) is 0 Å². The summed E-state index contributed by atoms with van der Waals surface area (Å²) in [4.78, 5) is 37.8. The first-order valence-electron chi connectivity index (χ1n) is 15.1. The van der Waals surface area contributed by atoms with Gasteiger partial charge in [-0.25, -0.2) is 4.98 Å². The standard InChI is InChI=1S/C33H41N5O2/c1-23-16-29(17-34)35-24(2)30(23)32(40)38-20-26-18-36(19-27(26)21-38)14-12-33(28-10-4-3-5-11-28)13-15-37(22-33)31(39)25-8-6-7-9-25/h3-5,10-11,16,25-27H,6-9,12-15,18-22H2,1-2H3. The number of likely N-dealkylation sites (tertiary alicyclic amines) is 3. The van der Waals surface area contributed by atoms with E-state index in [2.05, 4.69) is 51.2 Å². The number of aromatic nitrogens is 1. The average molecular weight is 540 g/mol. The van der Waals surface area contributed by atoms with Crippen molar-refractivity contribution in [1.82, 2.24) is 19.7 Å². The third kappa shape index (κ3) is 5.03. The first-order valence-corrected chi connectivity index (χ1v) is 15.1. The lowest BCUT2D eigenvalue weighted by Gasteiger charge is -2.33. The number of carbonyl (C=O) groups is 2. The Labute approximate surface area is 238 Å². The number of carbonyl (C=O) groups excluding carboxylic acids is 2. The zero-order valence-corrected chi connectivity index (χ0v) is 23.9. The fraction of sp³-hybridized carbons (Fsp3) is 0.576. The Morgan fingerprint density at radius 1 is 1.02 bits per heavy atom.